The van der Waals surface area contributed by atoms with Gasteiger partial charge in [-0.05, 0) is 79.6 Å². The standard InChI is InChI=1S/C29H30N4O/c1-21-12-13-24(18-28(21)32-19-25-9-2-3-14-30-25)29(34)33-16-6-7-22(20-33)17-23-8-4-11-27-26(23)10-5-15-31-27/h2-5,8-15,18,22,32H,6-7,16-17,19-20H2,1H3/t22-/m0/s1. The van der Waals surface area contributed by atoms with Crippen molar-refractivity contribution in [1.82, 2.24) is 14.9 Å². The van der Waals surface area contributed by atoms with E-state index in [2.05, 4.69) is 46.5 Å². The Morgan fingerprint density at radius 1 is 1.03 bits per heavy atom. The average molecular weight is 451 g/mol. The van der Waals surface area contributed by atoms with E-state index in [1.807, 2.05) is 53.6 Å². The molecule has 1 fully saturated rings. The van der Waals surface area contributed by atoms with Crippen LogP contribution in [0.1, 0.15) is 40.0 Å². The molecule has 172 valence electrons. The predicted molar refractivity (Wildman–Crippen MR) is 137 cm³/mol. The normalized spacial score (nSPS) is 15.9. The van der Waals surface area contributed by atoms with Crippen LogP contribution in [0, 0.1) is 12.8 Å². The number of nitrogens with zero attached hydrogens (tertiary/aromatic N) is 3. The van der Waals surface area contributed by atoms with Crippen LogP contribution in [0.3, 0.4) is 0 Å². The first-order valence-corrected chi connectivity index (χ1v) is 12.0. The number of anilines is 1. The molecule has 0 unspecified atom stereocenters. The number of fused-ring (bicyclic) bond motifs is 1. The SMILES string of the molecule is Cc1ccc(C(=O)N2CCC[C@@H](Cc3cccc4ncccc34)C2)cc1NCc1ccccn1. The quantitative estimate of drug-likeness (QED) is 0.413. The lowest BCUT2D eigenvalue weighted by atomic mass is 9.89. The molecular weight excluding hydrogens is 420 g/mol. The summed E-state index contributed by atoms with van der Waals surface area (Å²) in [5.74, 6) is 0.570. The lowest BCUT2D eigenvalue weighted by Gasteiger charge is -2.33. The number of aryl methyl sites for hydroxylation is 1. The van der Waals surface area contributed by atoms with Crippen LogP contribution in [0.25, 0.3) is 10.9 Å². The summed E-state index contributed by atoms with van der Waals surface area (Å²) in [5.41, 5.74) is 6.17. The molecule has 1 saturated heterocycles. The van der Waals surface area contributed by atoms with Gasteiger partial charge in [0.2, 0.25) is 0 Å². The van der Waals surface area contributed by atoms with E-state index in [1.54, 1.807) is 6.20 Å². The van der Waals surface area contributed by atoms with Crippen molar-refractivity contribution < 1.29 is 4.79 Å². The molecule has 1 N–H and O–H groups in total. The van der Waals surface area contributed by atoms with Crippen LogP contribution in [0.5, 0.6) is 0 Å². The molecule has 0 radical (unpaired) electrons. The fourth-order valence-electron chi connectivity index (χ4n) is 4.89. The van der Waals surface area contributed by atoms with E-state index in [0.717, 1.165) is 60.4 Å². The average Bonchev–Trinajstić information content (AvgIpc) is 2.89. The number of benzene rings is 2. The lowest BCUT2D eigenvalue weighted by Crippen LogP contribution is -2.40. The van der Waals surface area contributed by atoms with Crippen molar-refractivity contribution in [2.24, 2.45) is 5.92 Å². The number of nitrogens with one attached hydrogen (secondary N) is 1. The monoisotopic (exact) mass is 450 g/mol. The molecular formula is C29H30N4O. The van der Waals surface area contributed by atoms with Crippen LogP contribution < -0.4 is 5.32 Å². The number of pyridine rings is 2. The number of amides is 1. The predicted octanol–water partition coefficient (Wildman–Crippen LogP) is 5.65. The van der Waals surface area contributed by atoms with Gasteiger partial charge in [-0.15, -0.1) is 0 Å². The van der Waals surface area contributed by atoms with Crippen LogP contribution in [-0.2, 0) is 13.0 Å². The minimum atomic E-state index is 0.116. The molecule has 5 heteroatoms. The van der Waals surface area contributed by atoms with Gasteiger partial charge in [-0.1, -0.05) is 30.3 Å². The Balaban J connectivity index is 1.28. The van der Waals surface area contributed by atoms with E-state index in [4.69, 9.17) is 0 Å². The summed E-state index contributed by atoms with van der Waals surface area (Å²) >= 11 is 0. The molecule has 5 rings (SSSR count). The van der Waals surface area contributed by atoms with Gasteiger partial charge in [-0.3, -0.25) is 14.8 Å². The van der Waals surface area contributed by atoms with Crippen molar-refractivity contribution in [2.45, 2.75) is 32.7 Å². The first-order chi connectivity index (χ1) is 16.7. The maximum absolute atomic E-state index is 13.4. The Hall–Kier alpha value is -3.73. The highest BCUT2D eigenvalue weighted by atomic mass is 16.2. The van der Waals surface area contributed by atoms with E-state index in [-0.39, 0.29) is 5.91 Å². The smallest absolute Gasteiger partial charge is 0.253 e. The zero-order valence-corrected chi connectivity index (χ0v) is 19.6. The molecule has 2 aromatic carbocycles. The zero-order chi connectivity index (χ0) is 23.3. The first-order valence-electron chi connectivity index (χ1n) is 12.0. The van der Waals surface area contributed by atoms with Crippen LogP contribution in [0.4, 0.5) is 5.69 Å². The number of carbonyl (C=O) groups is 1. The van der Waals surface area contributed by atoms with Crippen molar-refractivity contribution in [3.63, 3.8) is 0 Å². The summed E-state index contributed by atoms with van der Waals surface area (Å²) < 4.78 is 0. The highest BCUT2D eigenvalue weighted by Gasteiger charge is 2.25. The third-order valence-corrected chi connectivity index (χ3v) is 6.72. The van der Waals surface area contributed by atoms with Crippen molar-refractivity contribution in [3.05, 3.63) is 102 Å². The number of rotatable bonds is 6. The number of hydrogen-bond acceptors (Lipinski definition) is 4. The van der Waals surface area contributed by atoms with E-state index >= 15 is 0 Å². The number of piperidine rings is 1. The van der Waals surface area contributed by atoms with Crippen LogP contribution in [-0.4, -0.2) is 33.9 Å². The van der Waals surface area contributed by atoms with E-state index in [9.17, 15) is 4.79 Å². The summed E-state index contributed by atoms with van der Waals surface area (Å²) in [6.07, 6.45) is 6.79. The summed E-state index contributed by atoms with van der Waals surface area (Å²) in [6.45, 7) is 4.30. The maximum atomic E-state index is 13.4. The van der Waals surface area contributed by atoms with Gasteiger partial charge < -0.3 is 10.2 Å². The Kier molecular flexibility index (Phi) is 6.52. The topological polar surface area (TPSA) is 58.1 Å². The van der Waals surface area contributed by atoms with Gasteiger partial charge in [0.1, 0.15) is 0 Å². The number of hydrogen-bond donors (Lipinski definition) is 1. The van der Waals surface area contributed by atoms with Gasteiger partial charge in [0.05, 0.1) is 17.8 Å². The molecule has 4 aromatic rings. The summed E-state index contributed by atoms with van der Waals surface area (Å²) in [6, 6.07) is 22.4. The second-order valence-electron chi connectivity index (χ2n) is 9.16. The third-order valence-electron chi connectivity index (χ3n) is 6.72. The minimum absolute atomic E-state index is 0.116. The van der Waals surface area contributed by atoms with E-state index < -0.39 is 0 Å². The molecule has 1 amide bonds. The molecule has 1 aliphatic heterocycles. The van der Waals surface area contributed by atoms with Crippen molar-refractivity contribution in [2.75, 3.05) is 18.4 Å². The number of carbonyl (C=O) groups excluding carboxylic acids is 1. The first kappa shape index (κ1) is 22.1. The van der Waals surface area contributed by atoms with Gasteiger partial charge in [0.15, 0.2) is 0 Å². The van der Waals surface area contributed by atoms with E-state index in [0.29, 0.717) is 12.5 Å². The largest absolute Gasteiger partial charge is 0.379 e. The van der Waals surface area contributed by atoms with Crippen LogP contribution in [0.2, 0.25) is 0 Å². The highest BCUT2D eigenvalue weighted by molar-refractivity contribution is 5.95. The van der Waals surface area contributed by atoms with Crippen LogP contribution in [0.15, 0.2) is 79.1 Å². The molecule has 0 spiro atoms. The summed E-state index contributed by atoms with van der Waals surface area (Å²) in [4.78, 5) is 24.3. The van der Waals surface area contributed by atoms with Gasteiger partial charge in [-0.2, -0.15) is 0 Å². The molecule has 34 heavy (non-hydrogen) atoms. The van der Waals surface area contributed by atoms with Crippen molar-refractivity contribution in [1.29, 1.82) is 0 Å². The van der Waals surface area contributed by atoms with E-state index in [1.165, 1.54) is 10.9 Å². The number of aromatic nitrogens is 2. The molecule has 1 aliphatic rings. The number of likely N-dealkylation sites (tertiary alicyclic amines) is 1. The second-order valence-corrected chi connectivity index (χ2v) is 9.16. The maximum Gasteiger partial charge on any atom is 0.253 e. The van der Waals surface area contributed by atoms with Gasteiger partial charge in [0.25, 0.3) is 5.91 Å². The third kappa shape index (κ3) is 4.93. The molecule has 5 nitrogen and oxygen atoms in total. The van der Waals surface area contributed by atoms with Gasteiger partial charge in [0, 0.05) is 42.1 Å². The molecule has 0 saturated carbocycles. The molecule has 3 heterocycles. The van der Waals surface area contributed by atoms with Crippen molar-refractivity contribution >= 4 is 22.5 Å². The minimum Gasteiger partial charge on any atom is -0.379 e. The summed E-state index contributed by atoms with van der Waals surface area (Å²) in [7, 11) is 0. The van der Waals surface area contributed by atoms with Gasteiger partial charge in [-0.25, -0.2) is 0 Å². The molecule has 1 atom stereocenters. The highest BCUT2D eigenvalue weighted by Crippen LogP contribution is 2.27. The fraction of sp³-hybridized carbons (Fsp3) is 0.276. The fourth-order valence-corrected chi connectivity index (χ4v) is 4.89. The molecule has 0 bridgehead atoms. The molecule has 0 aliphatic carbocycles. The Labute approximate surface area is 200 Å². The van der Waals surface area contributed by atoms with Crippen molar-refractivity contribution in [3.8, 4) is 0 Å². The van der Waals surface area contributed by atoms with Crippen LogP contribution >= 0.6 is 0 Å². The Bertz CT molecular complexity index is 1280. The Morgan fingerprint density at radius 3 is 2.82 bits per heavy atom. The second kappa shape index (κ2) is 10.0. The zero-order valence-electron chi connectivity index (χ0n) is 19.6. The molecule has 2 aromatic heterocycles. The van der Waals surface area contributed by atoms with Gasteiger partial charge >= 0.3 is 0 Å². The lowest BCUT2D eigenvalue weighted by molar-refractivity contribution is 0.0673. The summed E-state index contributed by atoms with van der Waals surface area (Å²) in [5, 5.41) is 4.66. The Morgan fingerprint density at radius 2 is 1.94 bits per heavy atom.